The number of nitrogens with zero attached hydrogens (tertiary/aromatic N) is 4. The maximum atomic E-state index is 12.0. The fourth-order valence-corrected chi connectivity index (χ4v) is 2.80. The van der Waals surface area contributed by atoms with Crippen molar-refractivity contribution in [2.75, 3.05) is 11.9 Å². The zero-order valence-electron chi connectivity index (χ0n) is 14.2. The third-order valence-electron chi connectivity index (χ3n) is 3.96. The summed E-state index contributed by atoms with van der Waals surface area (Å²) >= 11 is 0. The molecule has 1 aliphatic rings. The Bertz CT molecular complexity index is 702. The second kappa shape index (κ2) is 7.49. The van der Waals surface area contributed by atoms with E-state index < -0.39 is 0 Å². The van der Waals surface area contributed by atoms with Gasteiger partial charge in [0.05, 0.1) is 17.6 Å². The molecule has 1 amide bonds. The summed E-state index contributed by atoms with van der Waals surface area (Å²) in [7, 11) is 0. The number of hydrogen-bond donors (Lipinski definition) is 1. The molecule has 0 atom stereocenters. The van der Waals surface area contributed by atoms with Gasteiger partial charge in [-0.05, 0) is 18.1 Å². The summed E-state index contributed by atoms with van der Waals surface area (Å²) in [6.07, 6.45) is 6.63. The summed E-state index contributed by atoms with van der Waals surface area (Å²) in [4.78, 5) is 27.4. The number of carbonyl (C=O) groups is 1. The highest BCUT2D eigenvalue weighted by Crippen LogP contribution is 2.21. The Morgan fingerprint density at radius 3 is 2.96 bits per heavy atom. The molecule has 0 radical (unpaired) electrons. The van der Waals surface area contributed by atoms with Crippen LogP contribution in [0.5, 0.6) is 0 Å². The van der Waals surface area contributed by atoms with Gasteiger partial charge < -0.3 is 5.32 Å². The number of carbonyl (C=O) groups excluding carboxylic acids is 1. The SMILES string of the molecule is CC(C)Cc1ncc2c(n1)CN(CCC(=O)Nc1cccnc1)C2. The van der Waals surface area contributed by atoms with Crippen molar-refractivity contribution < 1.29 is 4.79 Å². The molecule has 1 aliphatic heterocycles. The second-order valence-electron chi connectivity index (χ2n) is 6.61. The van der Waals surface area contributed by atoms with Crippen molar-refractivity contribution in [3.8, 4) is 0 Å². The molecule has 3 heterocycles. The molecule has 6 heteroatoms. The zero-order chi connectivity index (χ0) is 16.9. The van der Waals surface area contributed by atoms with Crippen LogP contribution in [0, 0.1) is 5.92 Å². The van der Waals surface area contributed by atoms with Crippen molar-refractivity contribution in [2.45, 2.75) is 39.8 Å². The maximum absolute atomic E-state index is 12.0. The Morgan fingerprint density at radius 2 is 2.21 bits per heavy atom. The molecule has 0 aliphatic carbocycles. The molecule has 1 N–H and O–H groups in total. The molecule has 24 heavy (non-hydrogen) atoms. The van der Waals surface area contributed by atoms with Crippen LogP contribution in [0.3, 0.4) is 0 Å². The normalized spacial score (nSPS) is 14.0. The van der Waals surface area contributed by atoms with Crippen LogP contribution in [0.1, 0.15) is 37.4 Å². The molecular formula is C18H23N5O. The first-order valence-corrected chi connectivity index (χ1v) is 8.36. The predicted octanol–water partition coefficient (Wildman–Crippen LogP) is 2.41. The minimum atomic E-state index is 0.00513. The van der Waals surface area contributed by atoms with E-state index in [-0.39, 0.29) is 5.91 Å². The van der Waals surface area contributed by atoms with Gasteiger partial charge in [-0.3, -0.25) is 14.7 Å². The smallest absolute Gasteiger partial charge is 0.225 e. The van der Waals surface area contributed by atoms with Crippen LogP contribution in [-0.2, 0) is 24.3 Å². The predicted molar refractivity (Wildman–Crippen MR) is 92.2 cm³/mol. The summed E-state index contributed by atoms with van der Waals surface area (Å²) < 4.78 is 0. The average Bonchev–Trinajstić information content (AvgIpc) is 2.95. The van der Waals surface area contributed by atoms with Crippen LogP contribution in [0.4, 0.5) is 5.69 Å². The standard InChI is InChI=1S/C18H23N5O/c1-13(2)8-17-20-9-14-11-23(12-16(14)22-17)7-5-18(24)21-15-4-3-6-19-10-15/h3-4,6,9-10,13H,5,7-8,11-12H2,1-2H3,(H,21,24). The Labute approximate surface area is 142 Å². The lowest BCUT2D eigenvalue weighted by Crippen LogP contribution is -2.23. The summed E-state index contributed by atoms with van der Waals surface area (Å²) in [6, 6.07) is 3.64. The van der Waals surface area contributed by atoms with E-state index in [4.69, 9.17) is 0 Å². The van der Waals surface area contributed by atoms with Crippen LogP contribution in [0.25, 0.3) is 0 Å². The van der Waals surface area contributed by atoms with Gasteiger partial charge in [-0.1, -0.05) is 13.8 Å². The van der Waals surface area contributed by atoms with Gasteiger partial charge in [-0.25, -0.2) is 9.97 Å². The molecule has 2 aromatic heterocycles. The zero-order valence-corrected chi connectivity index (χ0v) is 14.2. The average molecular weight is 325 g/mol. The van der Waals surface area contributed by atoms with Gasteiger partial charge in [0, 0.05) is 50.4 Å². The molecule has 6 nitrogen and oxygen atoms in total. The number of nitrogens with one attached hydrogen (secondary N) is 1. The summed E-state index contributed by atoms with van der Waals surface area (Å²) in [5.74, 6) is 1.47. The van der Waals surface area contributed by atoms with Crippen LogP contribution in [0.2, 0.25) is 0 Å². The maximum Gasteiger partial charge on any atom is 0.225 e. The van der Waals surface area contributed by atoms with Crippen LogP contribution in [-0.4, -0.2) is 32.3 Å². The number of rotatable bonds is 6. The third-order valence-corrected chi connectivity index (χ3v) is 3.96. The molecule has 0 fully saturated rings. The number of hydrogen-bond acceptors (Lipinski definition) is 5. The van der Waals surface area contributed by atoms with E-state index in [1.165, 1.54) is 5.56 Å². The number of amides is 1. The minimum Gasteiger partial charge on any atom is -0.325 e. The third kappa shape index (κ3) is 4.35. The second-order valence-corrected chi connectivity index (χ2v) is 6.61. The fraction of sp³-hybridized carbons (Fsp3) is 0.444. The van der Waals surface area contributed by atoms with Gasteiger partial charge in [0.2, 0.25) is 5.91 Å². The van der Waals surface area contributed by atoms with E-state index in [2.05, 4.69) is 39.0 Å². The summed E-state index contributed by atoms with van der Waals surface area (Å²) in [5, 5.41) is 2.86. The van der Waals surface area contributed by atoms with Gasteiger partial charge in [-0.15, -0.1) is 0 Å². The van der Waals surface area contributed by atoms with E-state index in [1.807, 2.05) is 12.3 Å². The molecule has 126 valence electrons. The Kier molecular flexibility index (Phi) is 5.15. The van der Waals surface area contributed by atoms with Crippen molar-refractivity contribution in [1.29, 1.82) is 0 Å². The molecule has 2 aromatic rings. The first-order valence-electron chi connectivity index (χ1n) is 8.36. The molecule has 0 saturated heterocycles. The lowest BCUT2D eigenvalue weighted by atomic mass is 10.1. The van der Waals surface area contributed by atoms with E-state index in [1.54, 1.807) is 18.5 Å². The number of fused-ring (bicyclic) bond motifs is 1. The topological polar surface area (TPSA) is 71.0 Å². The van der Waals surface area contributed by atoms with Gasteiger partial charge in [0.1, 0.15) is 5.82 Å². The highest BCUT2D eigenvalue weighted by molar-refractivity contribution is 5.90. The van der Waals surface area contributed by atoms with Gasteiger partial charge >= 0.3 is 0 Å². The van der Waals surface area contributed by atoms with Crippen molar-refractivity contribution in [3.05, 3.63) is 47.8 Å². The van der Waals surface area contributed by atoms with Gasteiger partial charge in [0.25, 0.3) is 0 Å². The number of pyridine rings is 1. The van der Waals surface area contributed by atoms with Crippen molar-refractivity contribution >= 4 is 11.6 Å². The lowest BCUT2D eigenvalue weighted by Gasteiger charge is -2.13. The molecule has 3 rings (SSSR count). The molecule has 0 aromatic carbocycles. The van der Waals surface area contributed by atoms with E-state index in [0.29, 0.717) is 18.9 Å². The molecule has 0 spiro atoms. The quantitative estimate of drug-likeness (QED) is 0.883. The first kappa shape index (κ1) is 16.5. The highest BCUT2D eigenvalue weighted by Gasteiger charge is 2.21. The van der Waals surface area contributed by atoms with E-state index >= 15 is 0 Å². The summed E-state index contributed by atoms with van der Waals surface area (Å²) in [5.41, 5.74) is 3.01. The largest absolute Gasteiger partial charge is 0.325 e. The molecular weight excluding hydrogens is 302 g/mol. The van der Waals surface area contributed by atoms with Crippen molar-refractivity contribution in [3.63, 3.8) is 0 Å². The van der Waals surface area contributed by atoms with Crippen LogP contribution >= 0.6 is 0 Å². The van der Waals surface area contributed by atoms with Gasteiger partial charge in [-0.2, -0.15) is 0 Å². The Hall–Kier alpha value is -2.34. The van der Waals surface area contributed by atoms with Crippen LogP contribution in [0.15, 0.2) is 30.7 Å². The minimum absolute atomic E-state index is 0.00513. The molecule has 0 unspecified atom stereocenters. The number of anilines is 1. The fourth-order valence-electron chi connectivity index (χ4n) is 2.80. The summed E-state index contributed by atoms with van der Waals surface area (Å²) in [6.45, 7) is 6.66. The lowest BCUT2D eigenvalue weighted by molar-refractivity contribution is -0.116. The Balaban J connectivity index is 1.50. The van der Waals surface area contributed by atoms with Crippen molar-refractivity contribution in [1.82, 2.24) is 19.9 Å². The monoisotopic (exact) mass is 325 g/mol. The first-order chi connectivity index (χ1) is 11.6. The molecule has 0 saturated carbocycles. The molecule has 0 bridgehead atoms. The van der Waals surface area contributed by atoms with Gasteiger partial charge in [0.15, 0.2) is 0 Å². The van der Waals surface area contributed by atoms with E-state index in [0.717, 1.165) is 36.7 Å². The Morgan fingerprint density at radius 1 is 1.33 bits per heavy atom. The van der Waals surface area contributed by atoms with E-state index in [9.17, 15) is 4.79 Å². The van der Waals surface area contributed by atoms with Crippen LogP contribution < -0.4 is 5.32 Å². The van der Waals surface area contributed by atoms with Crippen molar-refractivity contribution in [2.24, 2.45) is 5.92 Å². The number of aromatic nitrogens is 3. The highest BCUT2D eigenvalue weighted by atomic mass is 16.1.